The molecule has 0 aliphatic heterocycles. The average molecular weight is 291 g/mol. The lowest BCUT2D eigenvalue weighted by Crippen LogP contribution is -2.32. The van der Waals surface area contributed by atoms with Gasteiger partial charge in [0, 0.05) is 0 Å². The van der Waals surface area contributed by atoms with Crippen LogP contribution in [0, 0.1) is 0 Å². The van der Waals surface area contributed by atoms with E-state index in [9.17, 15) is 0 Å². The zero-order chi connectivity index (χ0) is 13.3. The zero-order valence-corrected chi connectivity index (χ0v) is 13.9. The third-order valence-electron chi connectivity index (χ3n) is 1.49. The number of aromatic nitrogens is 2. The van der Waals surface area contributed by atoms with E-state index in [1.54, 1.807) is 0 Å². The molecule has 1 aromatic rings. The minimum Gasteiger partial charge on any atom is -0.530 e. The van der Waals surface area contributed by atoms with E-state index >= 15 is 0 Å². The summed E-state index contributed by atoms with van der Waals surface area (Å²) in [7, 11) is -3.44. The Kier molecular flexibility index (Phi) is 4.21. The fourth-order valence-corrected chi connectivity index (χ4v) is 2.60. The molecule has 0 fully saturated rings. The Hall–Kier alpha value is -0.596. The van der Waals surface area contributed by atoms with Crippen LogP contribution in [0.5, 0.6) is 11.9 Å². The molecule has 96 valence electrons. The standard InChI is InChI=1S/C10H19ClN2O2Si2/c1-16(2,3)14-9-8(11)7-12-10(13-9)15-17(4,5)6/h7H,1-6H3. The van der Waals surface area contributed by atoms with Gasteiger partial charge in [0.1, 0.15) is 5.02 Å². The molecule has 0 N–H and O–H groups in total. The minimum absolute atomic E-state index is 0.349. The zero-order valence-electron chi connectivity index (χ0n) is 11.2. The quantitative estimate of drug-likeness (QED) is 0.796. The summed E-state index contributed by atoms with van der Waals surface area (Å²) in [4.78, 5) is 8.28. The lowest BCUT2D eigenvalue weighted by atomic mass is 10.6. The van der Waals surface area contributed by atoms with Crippen molar-refractivity contribution in [1.82, 2.24) is 9.97 Å². The largest absolute Gasteiger partial charge is 0.530 e. The summed E-state index contributed by atoms with van der Waals surface area (Å²) < 4.78 is 11.5. The minimum atomic E-state index is -1.73. The highest BCUT2D eigenvalue weighted by molar-refractivity contribution is 6.70. The summed E-state index contributed by atoms with van der Waals surface area (Å²) in [5.74, 6) is 0.425. The third-order valence-corrected chi connectivity index (χ3v) is 3.35. The van der Waals surface area contributed by atoms with Gasteiger partial charge in [0.25, 0.3) is 0 Å². The van der Waals surface area contributed by atoms with E-state index in [4.69, 9.17) is 20.5 Å². The molecule has 0 saturated carbocycles. The molecule has 0 amide bonds. The molecule has 1 heterocycles. The second kappa shape index (κ2) is 4.95. The normalized spacial score (nSPS) is 12.4. The van der Waals surface area contributed by atoms with E-state index in [-0.39, 0.29) is 0 Å². The Morgan fingerprint density at radius 3 is 2.00 bits per heavy atom. The summed E-state index contributed by atoms with van der Waals surface area (Å²) in [6, 6.07) is 0.349. The van der Waals surface area contributed by atoms with Crippen LogP contribution in [0.3, 0.4) is 0 Å². The van der Waals surface area contributed by atoms with Crippen molar-refractivity contribution in [2.75, 3.05) is 0 Å². The molecule has 0 aromatic carbocycles. The lowest BCUT2D eigenvalue weighted by Gasteiger charge is -2.21. The first kappa shape index (κ1) is 14.5. The maximum Gasteiger partial charge on any atom is 0.305 e. The highest BCUT2D eigenvalue weighted by Crippen LogP contribution is 2.26. The third kappa shape index (κ3) is 5.51. The molecule has 0 aliphatic rings. The second-order valence-electron chi connectivity index (χ2n) is 5.73. The SMILES string of the molecule is C[Si](C)(C)Oc1ncc(Cl)c(O[Si](C)(C)C)n1. The molecule has 17 heavy (non-hydrogen) atoms. The van der Waals surface area contributed by atoms with E-state index < -0.39 is 16.6 Å². The smallest absolute Gasteiger partial charge is 0.305 e. The van der Waals surface area contributed by atoms with Gasteiger partial charge in [-0.3, -0.25) is 0 Å². The molecule has 0 unspecified atom stereocenters. The van der Waals surface area contributed by atoms with Gasteiger partial charge in [0.05, 0.1) is 6.20 Å². The highest BCUT2D eigenvalue weighted by atomic mass is 35.5. The monoisotopic (exact) mass is 290 g/mol. The predicted octanol–water partition coefficient (Wildman–Crippen LogP) is 3.56. The molecule has 0 radical (unpaired) electrons. The average Bonchev–Trinajstić information content (AvgIpc) is 2.05. The van der Waals surface area contributed by atoms with Crippen LogP contribution in [0.2, 0.25) is 44.3 Å². The van der Waals surface area contributed by atoms with Gasteiger partial charge < -0.3 is 8.85 Å². The van der Waals surface area contributed by atoms with Gasteiger partial charge in [0.2, 0.25) is 22.5 Å². The van der Waals surface area contributed by atoms with Crippen molar-refractivity contribution in [2.45, 2.75) is 39.3 Å². The molecule has 0 spiro atoms. The first-order chi connectivity index (χ1) is 7.57. The number of nitrogens with zero attached hydrogens (tertiary/aromatic N) is 2. The van der Waals surface area contributed by atoms with Crippen LogP contribution in [0.25, 0.3) is 0 Å². The van der Waals surface area contributed by atoms with E-state index in [0.29, 0.717) is 16.9 Å². The van der Waals surface area contributed by atoms with Crippen LogP contribution in [-0.2, 0) is 0 Å². The Balaban J connectivity index is 2.95. The van der Waals surface area contributed by atoms with Crippen molar-refractivity contribution in [3.8, 4) is 11.9 Å². The first-order valence-corrected chi connectivity index (χ1v) is 12.7. The van der Waals surface area contributed by atoms with Crippen LogP contribution in [-0.4, -0.2) is 26.6 Å². The van der Waals surface area contributed by atoms with E-state index in [2.05, 4.69) is 49.3 Å². The van der Waals surface area contributed by atoms with Gasteiger partial charge >= 0.3 is 6.01 Å². The summed E-state index contributed by atoms with van der Waals surface area (Å²) >= 11 is 6.00. The fourth-order valence-electron chi connectivity index (χ4n) is 1.02. The van der Waals surface area contributed by atoms with Gasteiger partial charge in [-0.15, -0.1) is 0 Å². The van der Waals surface area contributed by atoms with E-state index in [1.807, 2.05) is 0 Å². The van der Waals surface area contributed by atoms with Crippen molar-refractivity contribution < 1.29 is 8.85 Å². The summed E-state index contributed by atoms with van der Waals surface area (Å²) in [6.45, 7) is 12.4. The number of halogens is 1. The molecule has 1 rings (SSSR count). The Labute approximate surface area is 110 Å². The predicted molar refractivity (Wildman–Crippen MR) is 75.0 cm³/mol. The molecular weight excluding hydrogens is 272 g/mol. The maximum absolute atomic E-state index is 6.00. The van der Waals surface area contributed by atoms with Gasteiger partial charge in [-0.25, -0.2) is 4.98 Å². The second-order valence-corrected chi connectivity index (χ2v) is 15.0. The number of hydrogen-bond acceptors (Lipinski definition) is 4. The molecule has 4 nitrogen and oxygen atoms in total. The molecule has 1 aromatic heterocycles. The van der Waals surface area contributed by atoms with Crippen molar-refractivity contribution >= 4 is 28.2 Å². The summed E-state index contributed by atoms with van der Waals surface area (Å²) in [6.07, 6.45) is 1.53. The molecule has 7 heteroatoms. The molecule has 0 bridgehead atoms. The summed E-state index contributed by atoms with van der Waals surface area (Å²) in [5, 5.41) is 0.426. The number of hydrogen-bond donors (Lipinski definition) is 0. The topological polar surface area (TPSA) is 44.2 Å². The Bertz CT molecular complexity index is 402. The molecule has 0 saturated heterocycles. The molecule has 0 atom stereocenters. The highest BCUT2D eigenvalue weighted by Gasteiger charge is 2.22. The first-order valence-electron chi connectivity index (χ1n) is 5.47. The van der Waals surface area contributed by atoms with Gasteiger partial charge in [-0.1, -0.05) is 11.6 Å². The van der Waals surface area contributed by atoms with Gasteiger partial charge in [0.15, 0.2) is 0 Å². The summed E-state index contributed by atoms with van der Waals surface area (Å²) in [5.41, 5.74) is 0. The molecule has 0 aliphatic carbocycles. The number of rotatable bonds is 4. The lowest BCUT2D eigenvalue weighted by molar-refractivity contribution is 0.476. The van der Waals surface area contributed by atoms with Crippen molar-refractivity contribution in [1.29, 1.82) is 0 Å². The van der Waals surface area contributed by atoms with Crippen LogP contribution < -0.4 is 8.85 Å². The van der Waals surface area contributed by atoms with Crippen molar-refractivity contribution in [3.05, 3.63) is 11.2 Å². The molecular formula is C10H19ClN2O2Si2. The maximum atomic E-state index is 6.00. The van der Waals surface area contributed by atoms with Crippen LogP contribution in [0.4, 0.5) is 0 Å². The van der Waals surface area contributed by atoms with E-state index in [1.165, 1.54) is 6.20 Å². The van der Waals surface area contributed by atoms with Crippen LogP contribution >= 0.6 is 11.6 Å². The van der Waals surface area contributed by atoms with Crippen molar-refractivity contribution in [3.63, 3.8) is 0 Å². The Morgan fingerprint density at radius 2 is 1.53 bits per heavy atom. The van der Waals surface area contributed by atoms with Crippen molar-refractivity contribution in [2.24, 2.45) is 0 Å². The van der Waals surface area contributed by atoms with Crippen LogP contribution in [0.1, 0.15) is 0 Å². The van der Waals surface area contributed by atoms with E-state index in [0.717, 1.165) is 0 Å². The Morgan fingerprint density at radius 1 is 1.00 bits per heavy atom. The van der Waals surface area contributed by atoms with Gasteiger partial charge in [-0.05, 0) is 39.3 Å². The van der Waals surface area contributed by atoms with Crippen LogP contribution in [0.15, 0.2) is 6.20 Å². The fraction of sp³-hybridized carbons (Fsp3) is 0.600. The van der Waals surface area contributed by atoms with Gasteiger partial charge in [-0.2, -0.15) is 4.98 Å².